The molecule has 0 aromatic heterocycles. The SMILES string of the molecule is C/C1=C/CC(O)/C=C\C(C)C(O)C(C)/C=C(\C)C(=O)c2c(O)c(C)cc3c2C(=O)C(Cl)=C(NC(=O)\C=C/C=C/C=C\C(C)C(O)CC1=O)C3=O. The van der Waals surface area contributed by atoms with E-state index in [1.54, 1.807) is 58.1 Å². The number of phenols is 1. The molecule has 2 aliphatic heterocycles. The first-order chi connectivity index (χ1) is 23.5. The van der Waals surface area contributed by atoms with Gasteiger partial charge >= 0.3 is 0 Å². The van der Waals surface area contributed by atoms with Crippen molar-refractivity contribution in [2.45, 2.75) is 72.7 Å². The molecular formula is C39H44ClNO9. The second-order valence-corrected chi connectivity index (χ2v) is 13.2. The van der Waals surface area contributed by atoms with Crippen LogP contribution < -0.4 is 5.32 Å². The van der Waals surface area contributed by atoms with Gasteiger partial charge in [-0.1, -0.05) is 87.1 Å². The van der Waals surface area contributed by atoms with Gasteiger partial charge < -0.3 is 25.7 Å². The average molecular weight is 706 g/mol. The van der Waals surface area contributed by atoms with Crippen LogP contribution in [0.4, 0.5) is 0 Å². The molecule has 1 amide bonds. The van der Waals surface area contributed by atoms with Crippen molar-refractivity contribution >= 4 is 40.6 Å². The average Bonchev–Trinajstić information content (AvgIpc) is 3.07. The van der Waals surface area contributed by atoms with Crippen LogP contribution in [-0.4, -0.2) is 67.8 Å². The van der Waals surface area contributed by atoms with E-state index in [0.29, 0.717) is 5.57 Å². The van der Waals surface area contributed by atoms with Crippen LogP contribution in [0.1, 0.15) is 84.1 Å². The van der Waals surface area contributed by atoms with Gasteiger partial charge in [0.25, 0.3) is 0 Å². The summed E-state index contributed by atoms with van der Waals surface area (Å²) in [7, 11) is 0. The first kappa shape index (κ1) is 40.0. The lowest BCUT2D eigenvalue weighted by atomic mass is 9.83. The number of hydrogen-bond donors (Lipinski definition) is 5. The number of Topliss-reactive ketones (excluding diaryl/α,β-unsaturated/α-hetero) is 4. The summed E-state index contributed by atoms with van der Waals surface area (Å²) in [6, 6.07) is 1.25. The van der Waals surface area contributed by atoms with Crippen LogP contribution in [0.25, 0.3) is 0 Å². The number of phenolic OH excluding ortho intramolecular Hbond substituents is 1. The molecule has 50 heavy (non-hydrogen) atoms. The van der Waals surface area contributed by atoms with Gasteiger partial charge in [0.1, 0.15) is 16.5 Å². The standard InChI is InChI=1S/C39H44ClNO9/c1-20-11-9-7-8-10-12-30(45)41-34-33(40)39(50)31-27(38(34)49)18-25(6)37(48)32(31)36(47)24(5)17-23(4)35(46)22(3)14-16-26(42)15-13-21(2)29(44)19-28(20)43/h7-14,16-18,20,22-23,26,28,35,42-43,46,48H,15,19H2,1-6H3,(H,41,45)/b8-7+,11-9-,12-10-,16-14-,21-13-,24-17+. The number of rotatable bonds is 0. The van der Waals surface area contributed by atoms with Gasteiger partial charge in [-0.3, -0.25) is 24.0 Å². The lowest BCUT2D eigenvalue weighted by molar-refractivity contribution is -0.118. The molecule has 0 saturated carbocycles. The molecule has 6 atom stereocenters. The van der Waals surface area contributed by atoms with Crippen molar-refractivity contribution in [3.8, 4) is 5.75 Å². The molecule has 4 rings (SSSR count). The molecule has 4 bridgehead atoms. The quantitative estimate of drug-likeness (QED) is 0.224. The summed E-state index contributed by atoms with van der Waals surface area (Å²) in [5.41, 5.74) is -0.886. The maximum atomic E-state index is 13.8. The number of benzene rings is 1. The fourth-order valence-corrected chi connectivity index (χ4v) is 5.73. The topological polar surface area (TPSA) is 178 Å². The van der Waals surface area contributed by atoms with Crippen LogP contribution in [0.3, 0.4) is 0 Å². The predicted molar refractivity (Wildman–Crippen MR) is 191 cm³/mol. The molecule has 3 aliphatic rings. The van der Waals surface area contributed by atoms with E-state index in [2.05, 4.69) is 5.32 Å². The summed E-state index contributed by atoms with van der Waals surface area (Å²) < 4.78 is 0. The minimum absolute atomic E-state index is 0.0807. The van der Waals surface area contributed by atoms with Crippen molar-refractivity contribution in [1.29, 1.82) is 0 Å². The number of aliphatic hydroxyl groups excluding tert-OH is 3. The largest absolute Gasteiger partial charge is 0.507 e. The van der Waals surface area contributed by atoms with Crippen LogP contribution in [0.2, 0.25) is 0 Å². The lowest BCUT2D eigenvalue weighted by Crippen LogP contribution is -2.33. The van der Waals surface area contributed by atoms with E-state index < -0.39 is 81.0 Å². The number of aliphatic hydroxyl groups is 3. The van der Waals surface area contributed by atoms with Gasteiger partial charge in [-0.2, -0.15) is 0 Å². The van der Waals surface area contributed by atoms with Crippen LogP contribution in [0.5, 0.6) is 5.75 Å². The molecule has 1 aromatic rings. The second kappa shape index (κ2) is 17.4. The van der Waals surface area contributed by atoms with Crippen LogP contribution in [0.15, 0.2) is 88.7 Å². The molecule has 5 N–H and O–H groups in total. The van der Waals surface area contributed by atoms with Gasteiger partial charge in [0.15, 0.2) is 11.6 Å². The summed E-state index contributed by atoms with van der Waals surface area (Å²) in [6.45, 7) is 9.66. The molecule has 0 saturated heterocycles. The lowest BCUT2D eigenvalue weighted by Gasteiger charge is -2.23. The van der Waals surface area contributed by atoms with Gasteiger partial charge in [-0.25, -0.2) is 0 Å². The third-order valence-electron chi connectivity index (χ3n) is 8.77. The number of fused-ring (bicyclic) bond motifs is 18. The van der Waals surface area contributed by atoms with Gasteiger partial charge in [0, 0.05) is 41.4 Å². The highest BCUT2D eigenvalue weighted by atomic mass is 35.5. The Morgan fingerprint density at radius 1 is 0.760 bits per heavy atom. The fourth-order valence-electron chi connectivity index (χ4n) is 5.51. The zero-order valence-corrected chi connectivity index (χ0v) is 29.7. The van der Waals surface area contributed by atoms with E-state index in [1.807, 2.05) is 0 Å². The van der Waals surface area contributed by atoms with Gasteiger partial charge in [0.2, 0.25) is 17.5 Å². The summed E-state index contributed by atoms with van der Waals surface area (Å²) >= 11 is 6.31. The summed E-state index contributed by atoms with van der Waals surface area (Å²) in [5, 5.41) is 44.7. The number of nitrogens with one attached hydrogen (secondary N) is 1. The van der Waals surface area contributed by atoms with Crippen molar-refractivity contribution in [1.82, 2.24) is 5.32 Å². The Balaban J connectivity index is 2.05. The number of allylic oxidation sites excluding steroid dienone is 8. The number of ketones is 4. The first-order valence-electron chi connectivity index (χ1n) is 16.3. The predicted octanol–water partition coefficient (Wildman–Crippen LogP) is 5.30. The monoisotopic (exact) mass is 705 g/mol. The molecule has 0 spiro atoms. The number of aromatic hydroxyl groups is 1. The number of carbonyl (C=O) groups is 5. The maximum absolute atomic E-state index is 13.8. The van der Waals surface area contributed by atoms with Crippen LogP contribution in [-0.2, 0) is 9.59 Å². The van der Waals surface area contributed by atoms with E-state index in [9.17, 15) is 44.4 Å². The first-order valence-corrected chi connectivity index (χ1v) is 16.7. The smallest absolute Gasteiger partial charge is 0.248 e. The highest BCUT2D eigenvalue weighted by Gasteiger charge is 2.38. The van der Waals surface area contributed by atoms with Gasteiger partial charge in [-0.05, 0) is 50.0 Å². The van der Waals surface area contributed by atoms with Crippen molar-refractivity contribution in [2.75, 3.05) is 0 Å². The number of hydrogen-bond acceptors (Lipinski definition) is 9. The molecular weight excluding hydrogens is 662 g/mol. The molecule has 11 heteroatoms. The third kappa shape index (κ3) is 9.60. The van der Waals surface area contributed by atoms with Gasteiger partial charge in [0.05, 0.1) is 23.9 Å². The molecule has 1 aliphatic carbocycles. The van der Waals surface area contributed by atoms with E-state index >= 15 is 0 Å². The highest BCUT2D eigenvalue weighted by Crippen LogP contribution is 2.37. The molecule has 10 nitrogen and oxygen atoms in total. The Morgan fingerprint density at radius 3 is 2.10 bits per heavy atom. The van der Waals surface area contributed by atoms with Gasteiger partial charge in [-0.15, -0.1) is 0 Å². The van der Waals surface area contributed by atoms with Crippen LogP contribution in [0, 0.1) is 24.7 Å². The fraction of sp³-hybridized carbons (Fsp3) is 0.359. The number of carbonyl (C=O) groups excluding carboxylic acids is 5. The minimum atomic E-state index is -1.01. The molecule has 1 aromatic carbocycles. The van der Waals surface area contributed by atoms with E-state index in [4.69, 9.17) is 11.6 Å². The maximum Gasteiger partial charge on any atom is 0.248 e. The molecule has 6 unspecified atom stereocenters. The Morgan fingerprint density at radius 2 is 1.42 bits per heavy atom. The van der Waals surface area contributed by atoms with E-state index in [-0.39, 0.29) is 41.2 Å². The molecule has 0 radical (unpaired) electrons. The number of aryl methyl sites for hydroxylation is 1. The van der Waals surface area contributed by atoms with Crippen molar-refractivity contribution < 1.29 is 44.4 Å². The molecule has 0 fully saturated rings. The van der Waals surface area contributed by atoms with E-state index in [1.165, 1.54) is 44.2 Å². The molecule has 2 heterocycles. The zero-order valence-electron chi connectivity index (χ0n) is 28.9. The highest BCUT2D eigenvalue weighted by molar-refractivity contribution is 6.51. The van der Waals surface area contributed by atoms with Crippen molar-refractivity contribution in [3.05, 3.63) is 111 Å². The normalized spacial score (nSPS) is 31.4. The number of halogens is 1. The summed E-state index contributed by atoms with van der Waals surface area (Å²) in [5.74, 6) is -5.52. The van der Waals surface area contributed by atoms with E-state index in [0.717, 1.165) is 6.08 Å². The van der Waals surface area contributed by atoms with Crippen LogP contribution >= 0.6 is 11.6 Å². The summed E-state index contributed by atoms with van der Waals surface area (Å²) in [6.07, 6.45) is 12.2. The zero-order chi connectivity index (χ0) is 37.4. The Hall–Kier alpha value is -4.48. The molecule has 266 valence electrons. The third-order valence-corrected chi connectivity index (χ3v) is 9.13. The van der Waals surface area contributed by atoms with Crippen molar-refractivity contribution in [3.63, 3.8) is 0 Å². The van der Waals surface area contributed by atoms with Crippen molar-refractivity contribution in [2.24, 2.45) is 17.8 Å². The Kier molecular flexibility index (Phi) is 13.9. The Bertz CT molecular complexity index is 1770. The number of amides is 1. The second-order valence-electron chi connectivity index (χ2n) is 12.8. The summed E-state index contributed by atoms with van der Waals surface area (Å²) in [4.78, 5) is 66.2. The minimum Gasteiger partial charge on any atom is -0.507 e. The Labute approximate surface area is 296 Å².